The topological polar surface area (TPSA) is 96.7 Å². The molecule has 0 saturated carbocycles. The summed E-state index contributed by atoms with van der Waals surface area (Å²) in [5, 5.41) is 24.7. The molecule has 0 aliphatic carbocycles. The van der Waals surface area contributed by atoms with Crippen LogP contribution in [0.25, 0.3) is 28.3 Å². The number of aryl methyl sites for hydroxylation is 1. The Balaban J connectivity index is 1.54. The highest BCUT2D eigenvalue weighted by Gasteiger charge is 2.22. The van der Waals surface area contributed by atoms with Crippen molar-refractivity contribution in [2.75, 3.05) is 13.1 Å². The first-order valence-corrected chi connectivity index (χ1v) is 10.5. The fourth-order valence-corrected chi connectivity index (χ4v) is 4.36. The van der Waals surface area contributed by atoms with E-state index in [2.05, 4.69) is 67.8 Å². The second-order valence-electron chi connectivity index (χ2n) is 8.32. The van der Waals surface area contributed by atoms with E-state index in [0.717, 1.165) is 71.0 Å². The molecular weight excluding hydrogens is 376 g/mol. The van der Waals surface area contributed by atoms with Crippen molar-refractivity contribution in [1.82, 2.24) is 40.3 Å². The summed E-state index contributed by atoms with van der Waals surface area (Å²) in [6.45, 7) is 8.49. The number of hydrogen-bond donors (Lipinski definition) is 2. The highest BCUT2D eigenvalue weighted by Crippen LogP contribution is 2.35. The molecule has 5 rings (SSSR count). The van der Waals surface area contributed by atoms with Gasteiger partial charge in [-0.1, -0.05) is 13.8 Å². The largest absolute Gasteiger partial charge is 0.317 e. The minimum atomic E-state index is 0.270. The summed E-state index contributed by atoms with van der Waals surface area (Å²) in [7, 11) is 0. The SMILES string of the molecule is Cc1cc(-c2n[nH]c(-c3ccc(C4CCNCC4)nn3)c2C(C)C)cn2ncnc12. The van der Waals surface area contributed by atoms with E-state index in [1.165, 1.54) is 0 Å². The molecule has 0 spiro atoms. The maximum atomic E-state index is 4.67. The van der Waals surface area contributed by atoms with Crippen LogP contribution < -0.4 is 5.32 Å². The monoisotopic (exact) mass is 402 g/mol. The second-order valence-corrected chi connectivity index (χ2v) is 8.32. The number of fused-ring (bicyclic) bond motifs is 1. The van der Waals surface area contributed by atoms with E-state index in [1.807, 2.05) is 13.1 Å². The van der Waals surface area contributed by atoms with Gasteiger partial charge in [0.15, 0.2) is 5.65 Å². The van der Waals surface area contributed by atoms with Crippen LogP contribution in [0.15, 0.2) is 30.7 Å². The third kappa shape index (κ3) is 3.27. The van der Waals surface area contributed by atoms with E-state index in [9.17, 15) is 0 Å². The van der Waals surface area contributed by atoms with E-state index in [4.69, 9.17) is 0 Å². The first kappa shape index (κ1) is 18.9. The standard InChI is InChI=1S/C22H26N8/c1-13(2)19-20(16-10-14(3)22-24-12-25-30(22)11-16)28-29-21(19)18-5-4-17(26-27-18)15-6-8-23-9-7-15/h4-5,10-13,15,23H,6-9H2,1-3H3,(H,28,29). The number of aromatic nitrogens is 7. The van der Waals surface area contributed by atoms with Gasteiger partial charge in [-0.3, -0.25) is 5.10 Å². The molecule has 2 N–H and O–H groups in total. The third-order valence-corrected chi connectivity index (χ3v) is 5.91. The van der Waals surface area contributed by atoms with Crippen LogP contribution in [-0.4, -0.2) is 48.1 Å². The number of H-pyrrole nitrogens is 1. The summed E-state index contributed by atoms with van der Waals surface area (Å²) >= 11 is 0. The Hall–Kier alpha value is -3.13. The molecule has 0 radical (unpaired) electrons. The molecule has 1 aliphatic rings. The van der Waals surface area contributed by atoms with Gasteiger partial charge < -0.3 is 5.32 Å². The lowest BCUT2D eigenvalue weighted by Crippen LogP contribution is -2.27. The minimum absolute atomic E-state index is 0.270. The summed E-state index contributed by atoms with van der Waals surface area (Å²) in [6.07, 6.45) is 5.78. The molecule has 0 bridgehead atoms. The Kier molecular flexibility index (Phi) is 4.78. The highest BCUT2D eigenvalue weighted by atomic mass is 15.3. The average Bonchev–Trinajstić information content (AvgIpc) is 3.42. The molecule has 30 heavy (non-hydrogen) atoms. The van der Waals surface area contributed by atoms with E-state index in [-0.39, 0.29) is 5.92 Å². The molecule has 154 valence electrons. The number of pyridine rings is 1. The van der Waals surface area contributed by atoms with Crippen LogP contribution in [0.4, 0.5) is 0 Å². The van der Waals surface area contributed by atoms with E-state index in [1.54, 1.807) is 10.8 Å². The number of nitrogens with zero attached hydrogens (tertiary/aromatic N) is 6. The summed E-state index contributed by atoms with van der Waals surface area (Å²) in [6, 6.07) is 6.30. The van der Waals surface area contributed by atoms with Crippen LogP contribution >= 0.6 is 0 Å². The number of piperidine rings is 1. The molecular formula is C22H26N8. The lowest BCUT2D eigenvalue weighted by molar-refractivity contribution is 0.450. The van der Waals surface area contributed by atoms with Crippen molar-refractivity contribution in [2.45, 2.75) is 45.4 Å². The second kappa shape index (κ2) is 7.60. The highest BCUT2D eigenvalue weighted by molar-refractivity contribution is 5.74. The number of rotatable bonds is 4. The van der Waals surface area contributed by atoms with E-state index in [0.29, 0.717) is 5.92 Å². The van der Waals surface area contributed by atoms with Crippen LogP contribution in [0.3, 0.4) is 0 Å². The van der Waals surface area contributed by atoms with Gasteiger partial charge in [0.2, 0.25) is 0 Å². The molecule has 1 saturated heterocycles. The normalized spacial score (nSPS) is 15.3. The van der Waals surface area contributed by atoms with Crippen LogP contribution in [0.2, 0.25) is 0 Å². The van der Waals surface area contributed by atoms with Crippen molar-refractivity contribution in [3.63, 3.8) is 0 Å². The van der Waals surface area contributed by atoms with Gasteiger partial charge in [-0.2, -0.15) is 15.3 Å². The zero-order valence-corrected chi connectivity index (χ0v) is 17.6. The summed E-state index contributed by atoms with van der Waals surface area (Å²) in [5.41, 5.74) is 7.83. The molecule has 8 nitrogen and oxygen atoms in total. The van der Waals surface area contributed by atoms with E-state index < -0.39 is 0 Å². The quantitative estimate of drug-likeness (QED) is 0.542. The van der Waals surface area contributed by atoms with Crippen molar-refractivity contribution in [3.8, 4) is 22.6 Å². The van der Waals surface area contributed by atoms with Gasteiger partial charge in [0.1, 0.15) is 12.0 Å². The van der Waals surface area contributed by atoms with Gasteiger partial charge in [0, 0.05) is 23.2 Å². The lowest BCUT2D eigenvalue weighted by atomic mass is 9.93. The fourth-order valence-electron chi connectivity index (χ4n) is 4.36. The molecule has 0 amide bonds. The molecule has 0 atom stereocenters. The van der Waals surface area contributed by atoms with Crippen molar-refractivity contribution in [2.24, 2.45) is 0 Å². The van der Waals surface area contributed by atoms with Crippen molar-refractivity contribution in [1.29, 1.82) is 0 Å². The Morgan fingerprint density at radius 1 is 1.13 bits per heavy atom. The number of hydrogen-bond acceptors (Lipinski definition) is 6. The first-order chi connectivity index (χ1) is 14.6. The van der Waals surface area contributed by atoms with Crippen LogP contribution in [-0.2, 0) is 0 Å². The van der Waals surface area contributed by atoms with Crippen molar-refractivity contribution < 1.29 is 0 Å². The summed E-state index contributed by atoms with van der Waals surface area (Å²) < 4.78 is 1.80. The van der Waals surface area contributed by atoms with Crippen molar-refractivity contribution >= 4 is 5.65 Å². The van der Waals surface area contributed by atoms with Crippen molar-refractivity contribution in [3.05, 3.63) is 47.5 Å². The molecule has 0 unspecified atom stereocenters. The average molecular weight is 403 g/mol. The maximum absolute atomic E-state index is 4.67. The maximum Gasteiger partial charge on any atom is 0.158 e. The zero-order chi connectivity index (χ0) is 20.7. The molecule has 4 aromatic heterocycles. The Morgan fingerprint density at radius 2 is 1.97 bits per heavy atom. The van der Waals surface area contributed by atoms with Gasteiger partial charge in [0.25, 0.3) is 0 Å². The minimum Gasteiger partial charge on any atom is -0.317 e. The first-order valence-electron chi connectivity index (χ1n) is 10.5. The van der Waals surface area contributed by atoms with Crippen LogP contribution in [0.5, 0.6) is 0 Å². The molecule has 4 aromatic rings. The van der Waals surface area contributed by atoms with Gasteiger partial charge in [0.05, 0.1) is 17.1 Å². The lowest BCUT2D eigenvalue weighted by Gasteiger charge is -2.21. The fraction of sp³-hybridized carbons (Fsp3) is 0.409. The molecule has 5 heterocycles. The summed E-state index contributed by atoms with van der Waals surface area (Å²) in [5.74, 6) is 0.762. The number of aromatic amines is 1. The van der Waals surface area contributed by atoms with Crippen LogP contribution in [0, 0.1) is 6.92 Å². The van der Waals surface area contributed by atoms with Crippen LogP contribution in [0.1, 0.15) is 55.3 Å². The van der Waals surface area contributed by atoms with Gasteiger partial charge >= 0.3 is 0 Å². The Labute approximate surface area is 175 Å². The van der Waals surface area contributed by atoms with Gasteiger partial charge in [-0.05, 0) is 62.5 Å². The third-order valence-electron chi connectivity index (χ3n) is 5.91. The Bertz CT molecular complexity index is 1170. The smallest absolute Gasteiger partial charge is 0.158 e. The summed E-state index contributed by atoms with van der Waals surface area (Å²) in [4.78, 5) is 4.31. The van der Waals surface area contributed by atoms with E-state index >= 15 is 0 Å². The van der Waals surface area contributed by atoms with Gasteiger partial charge in [-0.15, -0.1) is 5.10 Å². The predicted molar refractivity (Wildman–Crippen MR) is 115 cm³/mol. The molecule has 0 aromatic carbocycles. The molecule has 8 heteroatoms. The molecule has 1 fully saturated rings. The Morgan fingerprint density at radius 3 is 2.70 bits per heavy atom. The zero-order valence-electron chi connectivity index (χ0n) is 17.6. The predicted octanol–water partition coefficient (Wildman–Crippen LogP) is 3.48. The molecule has 1 aliphatic heterocycles. The van der Waals surface area contributed by atoms with Gasteiger partial charge in [-0.25, -0.2) is 9.50 Å². The number of nitrogens with one attached hydrogen (secondary N) is 2.